The van der Waals surface area contributed by atoms with E-state index in [1.165, 1.54) is 0 Å². The average Bonchev–Trinajstić information content (AvgIpc) is 2.34. The molecule has 1 amide bonds. The predicted octanol–water partition coefficient (Wildman–Crippen LogP) is 0.988. The Bertz CT molecular complexity index is 434. The molecule has 1 aliphatic heterocycles. The van der Waals surface area contributed by atoms with Crippen LogP contribution < -0.4 is 5.73 Å². The quantitative estimate of drug-likeness (QED) is 0.838. The van der Waals surface area contributed by atoms with Crippen molar-refractivity contribution in [3.05, 3.63) is 35.4 Å². The molecule has 1 aromatic carbocycles. The third-order valence-corrected chi connectivity index (χ3v) is 3.73. The van der Waals surface area contributed by atoms with Crippen molar-refractivity contribution in [2.45, 2.75) is 26.0 Å². The minimum absolute atomic E-state index is 0.0242. The fourth-order valence-corrected chi connectivity index (χ4v) is 2.09. The number of hydrogen-bond acceptors (Lipinski definition) is 3. The molecular weight excluding hydrogens is 228 g/mol. The van der Waals surface area contributed by atoms with Crippen LogP contribution in [0.25, 0.3) is 0 Å². The molecule has 0 unspecified atom stereocenters. The summed E-state index contributed by atoms with van der Waals surface area (Å²) in [6, 6.07) is 7.30. The minimum atomic E-state index is -0.715. The lowest BCUT2D eigenvalue weighted by atomic mass is 9.82. The lowest BCUT2D eigenvalue weighted by Gasteiger charge is -2.49. The first-order valence-corrected chi connectivity index (χ1v) is 6.27. The summed E-state index contributed by atoms with van der Waals surface area (Å²) in [5.74, 6) is 0.144. The van der Waals surface area contributed by atoms with Crippen molar-refractivity contribution < 1.29 is 9.90 Å². The van der Waals surface area contributed by atoms with E-state index in [0.717, 1.165) is 5.56 Å². The highest BCUT2D eigenvalue weighted by Gasteiger charge is 2.45. The van der Waals surface area contributed by atoms with E-state index in [9.17, 15) is 9.90 Å². The summed E-state index contributed by atoms with van der Waals surface area (Å²) in [5, 5.41) is 10.1. The zero-order chi connectivity index (χ0) is 13.3. The van der Waals surface area contributed by atoms with Crippen LogP contribution in [0.5, 0.6) is 0 Å². The first-order chi connectivity index (χ1) is 8.46. The molecule has 0 aromatic heterocycles. The molecule has 1 aliphatic rings. The smallest absolute Gasteiger partial charge is 0.254 e. The van der Waals surface area contributed by atoms with Crippen LogP contribution in [-0.2, 0) is 6.54 Å². The number of rotatable bonds is 3. The third kappa shape index (κ3) is 2.26. The fourth-order valence-electron chi connectivity index (χ4n) is 2.09. The molecule has 4 heteroatoms. The van der Waals surface area contributed by atoms with Gasteiger partial charge in [-0.1, -0.05) is 26.0 Å². The van der Waals surface area contributed by atoms with Gasteiger partial charge in [-0.3, -0.25) is 4.79 Å². The van der Waals surface area contributed by atoms with Crippen LogP contribution in [0.15, 0.2) is 24.3 Å². The maximum absolute atomic E-state index is 12.1. The van der Waals surface area contributed by atoms with E-state index >= 15 is 0 Å². The number of aliphatic hydroxyl groups is 1. The number of carbonyl (C=O) groups is 1. The van der Waals surface area contributed by atoms with E-state index in [0.29, 0.717) is 25.2 Å². The Morgan fingerprint density at radius 3 is 2.39 bits per heavy atom. The highest BCUT2D eigenvalue weighted by Crippen LogP contribution is 2.29. The Kier molecular flexibility index (Phi) is 3.41. The van der Waals surface area contributed by atoms with Crippen molar-refractivity contribution in [1.82, 2.24) is 4.90 Å². The molecule has 0 spiro atoms. The van der Waals surface area contributed by atoms with E-state index in [1.54, 1.807) is 17.0 Å². The second-order valence-electron chi connectivity index (χ2n) is 5.32. The molecule has 0 atom stereocenters. The van der Waals surface area contributed by atoms with Gasteiger partial charge in [0.1, 0.15) is 5.60 Å². The van der Waals surface area contributed by atoms with Gasteiger partial charge in [-0.25, -0.2) is 0 Å². The van der Waals surface area contributed by atoms with Gasteiger partial charge >= 0.3 is 0 Å². The fraction of sp³-hybridized carbons (Fsp3) is 0.500. The van der Waals surface area contributed by atoms with Crippen molar-refractivity contribution >= 4 is 5.91 Å². The Labute approximate surface area is 107 Å². The highest BCUT2D eigenvalue weighted by molar-refractivity contribution is 5.95. The molecule has 0 aliphatic carbocycles. The Balaban J connectivity index is 2.01. The van der Waals surface area contributed by atoms with Crippen LogP contribution >= 0.6 is 0 Å². The topological polar surface area (TPSA) is 66.6 Å². The number of nitrogens with two attached hydrogens (primary N) is 1. The number of carbonyl (C=O) groups excluding carboxylic acids is 1. The molecule has 2 rings (SSSR count). The summed E-state index contributed by atoms with van der Waals surface area (Å²) >= 11 is 0. The lowest BCUT2D eigenvalue weighted by Crippen LogP contribution is -2.65. The summed E-state index contributed by atoms with van der Waals surface area (Å²) < 4.78 is 0. The van der Waals surface area contributed by atoms with Crippen LogP contribution in [0, 0.1) is 5.92 Å². The van der Waals surface area contributed by atoms with E-state index in [4.69, 9.17) is 5.73 Å². The maximum Gasteiger partial charge on any atom is 0.254 e. The first kappa shape index (κ1) is 13.1. The molecule has 1 fully saturated rings. The van der Waals surface area contributed by atoms with E-state index in [-0.39, 0.29) is 11.8 Å². The minimum Gasteiger partial charge on any atom is -0.386 e. The monoisotopic (exact) mass is 248 g/mol. The van der Waals surface area contributed by atoms with Gasteiger partial charge in [0, 0.05) is 12.1 Å². The van der Waals surface area contributed by atoms with Gasteiger partial charge in [0.15, 0.2) is 0 Å². The van der Waals surface area contributed by atoms with Crippen molar-refractivity contribution in [3.63, 3.8) is 0 Å². The number of nitrogens with zero attached hydrogens (tertiary/aromatic N) is 1. The lowest BCUT2D eigenvalue weighted by molar-refractivity contribution is -0.110. The van der Waals surface area contributed by atoms with Crippen molar-refractivity contribution in [3.8, 4) is 0 Å². The number of likely N-dealkylation sites (tertiary alicyclic amines) is 1. The van der Waals surface area contributed by atoms with E-state index in [1.807, 2.05) is 26.0 Å². The Morgan fingerprint density at radius 2 is 1.94 bits per heavy atom. The second kappa shape index (κ2) is 4.71. The zero-order valence-electron chi connectivity index (χ0n) is 10.9. The molecule has 4 nitrogen and oxygen atoms in total. The second-order valence-corrected chi connectivity index (χ2v) is 5.32. The molecule has 98 valence electrons. The van der Waals surface area contributed by atoms with Crippen molar-refractivity contribution in [2.75, 3.05) is 13.1 Å². The van der Waals surface area contributed by atoms with Crippen LogP contribution in [-0.4, -0.2) is 34.6 Å². The van der Waals surface area contributed by atoms with Crippen LogP contribution in [0.2, 0.25) is 0 Å². The molecule has 18 heavy (non-hydrogen) atoms. The molecule has 3 N–H and O–H groups in total. The van der Waals surface area contributed by atoms with Gasteiger partial charge in [0.05, 0.1) is 13.1 Å². The van der Waals surface area contributed by atoms with Gasteiger partial charge in [-0.05, 0) is 23.6 Å². The average molecular weight is 248 g/mol. The normalized spacial score (nSPS) is 17.7. The largest absolute Gasteiger partial charge is 0.386 e. The Morgan fingerprint density at radius 1 is 1.39 bits per heavy atom. The maximum atomic E-state index is 12.1. The van der Waals surface area contributed by atoms with E-state index in [2.05, 4.69) is 0 Å². The van der Waals surface area contributed by atoms with Crippen molar-refractivity contribution in [1.29, 1.82) is 0 Å². The van der Waals surface area contributed by atoms with Gasteiger partial charge < -0.3 is 15.7 Å². The predicted molar refractivity (Wildman–Crippen MR) is 70.0 cm³/mol. The SMILES string of the molecule is CC(C)C1(O)CN(C(=O)c2ccc(CN)cc2)C1. The Hall–Kier alpha value is -1.39. The molecule has 0 saturated carbocycles. The summed E-state index contributed by atoms with van der Waals surface area (Å²) in [5.41, 5.74) is 6.46. The molecule has 1 saturated heterocycles. The summed E-state index contributed by atoms with van der Waals surface area (Å²) in [6.07, 6.45) is 0. The molecule has 0 bridgehead atoms. The summed E-state index contributed by atoms with van der Waals surface area (Å²) in [7, 11) is 0. The molecule has 1 aromatic rings. The van der Waals surface area contributed by atoms with Crippen LogP contribution in [0.4, 0.5) is 0 Å². The highest BCUT2D eigenvalue weighted by atomic mass is 16.3. The summed E-state index contributed by atoms with van der Waals surface area (Å²) in [4.78, 5) is 13.8. The zero-order valence-corrected chi connectivity index (χ0v) is 10.9. The third-order valence-electron chi connectivity index (χ3n) is 3.73. The van der Waals surface area contributed by atoms with Gasteiger partial charge in [0.25, 0.3) is 5.91 Å². The number of hydrogen-bond donors (Lipinski definition) is 2. The van der Waals surface area contributed by atoms with E-state index < -0.39 is 5.60 Å². The van der Waals surface area contributed by atoms with Gasteiger partial charge in [-0.15, -0.1) is 0 Å². The molecule has 0 radical (unpaired) electrons. The summed E-state index contributed by atoms with van der Waals surface area (Å²) in [6.45, 7) is 5.26. The van der Waals surface area contributed by atoms with Crippen LogP contribution in [0.1, 0.15) is 29.8 Å². The standard InChI is InChI=1S/C14H20N2O2/c1-10(2)14(18)8-16(9-14)13(17)12-5-3-11(7-15)4-6-12/h3-6,10,18H,7-9,15H2,1-2H3. The molecule has 1 heterocycles. The van der Waals surface area contributed by atoms with Gasteiger partial charge in [-0.2, -0.15) is 0 Å². The number of β-amino-alcohol motifs (C(OH)–C–C–N with tert-alkyl or cyclic N) is 1. The number of benzene rings is 1. The van der Waals surface area contributed by atoms with Crippen LogP contribution in [0.3, 0.4) is 0 Å². The first-order valence-electron chi connectivity index (χ1n) is 6.27. The van der Waals surface area contributed by atoms with Gasteiger partial charge in [0.2, 0.25) is 0 Å². The molecular formula is C14H20N2O2. The number of amides is 1. The van der Waals surface area contributed by atoms with Crippen molar-refractivity contribution in [2.24, 2.45) is 11.7 Å².